The average Bonchev–Trinajstić information content (AvgIpc) is 2.74. The molecule has 3 saturated heterocycles. The monoisotopic (exact) mass is 471 g/mol. The SMILES string of the molecule is CS(=O)(=O)OC1CN2CCCCCCCCCCCCCCCCCCCCCC1CC2. The summed E-state index contributed by atoms with van der Waals surface area (Å²) in [5, 5.41) is 0. The molecule has 3 aliphatic rings. The fourth-order valence-electron chi connectivity index (χ4n) is 5.64. The predicted octanol–water partition coefficient (Wildman–Crippen LogP) is 7.47. The highest BCUT2D eigenvalue weighted by Gasteiger charge is 2.31. The molecule has 0 aromatic carbocycles. The van der Waals surface area contributed by atoms with Crippen LogP contribution in [-0.4, -0.2) is 45.3 Å². The van der Waals surface area contributed by atoms with Crippen LogP contribution in [0.3, 0.4) is 0 Å². The van der Waals surface area contributed by atoms with Gasteiger partial charge in [0.25, 0.3) is 10.1 Å². The molecule has 0 spiro atoms. The second-order valence-electron chi connectivity index (χ2n) is 10.7. The van der Waals surface area contributed by atoms with Crippen LogP contribution in [0.15, 0.2) is 0 Å². The highest BCUT2D eigenvalue weighted by atomic mass is 32.2. The molecule has 0 saturated carbocycles. The number of rotatable bonds is 2. The van der Waals surface area contributed by atoms with E-state index in [2.05, 4.69) is 4.90 Å². The lowest BCUT2D eigenvalue weighted by molar-refractivity contribution is 0.0389. The molecule has 32 heavy (non-hydrogen) atoms. The summed E-state index contributed by atoms with van der Waals surface area (Å²) in [4.78, 5) is 2.45. The smallest absolute Gasteiger partial charge is 0.264 e. The second kappa shape index (κ2) is 17.3. The number of hydrogen-bond donors (Lipinski definition) is 0. The lowest BCUT2D eigenvalue weighted by Gasteiger charge is -2.38. The van der Waals surface area contributed by atoms with E-state index < -0.39 is 10.1 Å². The van der Waals surface area contributed by atoms with Crippen molar-refractivity contribution >= 4 is 10.1 Å². The summed E-state index contributed by atoms with van der Waals surface area (Å²) < 4.78 is 29.3. The highest BCUT2D eigenvalue weighted by Crippen LogP contribution is 2.27. The standard InChI is InChI=1S/C27H53NO3S/c1-32(29,30)31-27-25-28-23-20-18-16-14-12-10-8-6-4-2-3-5-7-9-11-13-15-17-19-21-26(27)22-24-28/h26-27H,2-25H2,1H3. The maximum atomic E-state index is 11.8. The molecule has 0 aromatic heterocycles. The van der Waals surface area contributed by atoms with E-state index in [4.69, 9.17) is 4.18 Å². The van der Waals surface area contributed by atoms with E-state index in [9.17, 15) is 8.42 Å². The summed E-state index contributed by atoms with van der Waals surface area (Å²) in [5.41, 5.74) is 0. The Balaban J connectivity index is 1.76. The van der Waals surface area contributed by atoms with Gasteiger partial charge in [0.15, 0.2) is 0 Å². The molecular weight excluding hydrogens is 418 g/mol. The fourth-order valence-corrected chi connectivity index (χ4v) is 6.31. The van der Waals surface area contributed by atoms with E-state index in [1.54, 1.807) is 0 Å². The van der Waals surface area contributed by atoms with Gasteiger partial charge in [-0.2, -0.15) is 8.42 Å². The normalized spacial score (nSPS) is 30.2. The van der Waals surface area contributed by atoms with Crippen molar-refractivity contribution in [2.24, 2.45) is 5.92 Å². The van der Waals surface area contributed by atoms with Crippen LogP contribution in [0.1, 0.15) is 135 Å². The van der Waals surface area contributed by atoms with Gasteiger partial charge in [-0.3, -0.25) is 4.18 Å². The Labute approximate surface area is 200 Å². The Bertz CT molecular complexity index is 547. The minimum atomic E-state index is -3.39. The fraction of sp³-hybridized carbons (Fsp3) is 1.00. The van der Waals surface area contributed by atoms with Crippen molar-refractivity contribution in [1.29, 1.82) is 0 Å². The number of piperidine rings is 1. The van der Waals surface area contributed by atoms with Gasteiger partial charge in [-0.25, -0.2) is 0 Å². The predicted molar refractivity (Wildman–Crippen MR) is 137 cm³/mol. The van der Waals surface area contributed by atoms with Crippen LogP contribution in [0.5, 0.6) is 0 Å². The van der Waals surface area contributed by atoms with Crippen LogP contribution in [0.4, 0.5) is 0 Å². The molecule has 0 radical (unpaired) electrons. The third kappa shape index (κ3) is 14.2. The van der Waals surface area contributed by atoms with E-state index in [1.807, 2.05) is 0 Å². The Hall–Kier alpha value is -0.130. The first-order valence-corrected chi connectivity index (χ1v) is 16.0. The maximum Gasteiger partial charge on any atom is 0.264 e. The van der Waals surface area contributed by atoms with Gasteiger partial charge >= 0.3 is 0 Å². The molecule has 2 bridgehead atoms. The maximum absolute atomic E-state index is 11.8. The molecule has 0 aliphatic carbocycles. The van der Waals surface area contributed by atoms with Crippen molar-refractivity contribution in [3.05, 3.63) is 0 Å². The van der Waals surface area contributed by atoms with Gasteiger partial charge in [0.2, 0.25) is 0 Å². The van der Waals surface area contributed by atoms with E-state index in [1.165, 1.54) is 128 Å². The van der Waals surface area contributed by atoms with Crippen molar-refractivity contribution in [2.75, 3.05) is 25.9 Å². The zero-order valence-electron chi connectivity index (χ0n) is 21.2. The van der Waals surface area contributed by atoms with E-state index >= 15 is 0 Å². The van der Waals surface area contributed by atoms with Crippen LogP contribution in [0.25, 0.3) is 0 Å². The summed E-state index contributed by atoms with van der Waals surface area (Å²) in [5.74, 6) is 0.399. The molecule has 3 aliphatic heterocycles. The third-order valence-corrected chi connectivity index (χ3v) is 8.22. The minimum absolute atomic E-state index is 0.145. The molecule has 4 nitrogen and oxygen atoms in total. The van der Waals surface area contributed by atoms with Gasteiger partial charge in [0.1, 0.15) is 0 Å². The van der Waals surface area contributed by atoms with Crippen LogP contribution in [-0.2, 0) is 14.3 Å². The molecule has 5 heteroatoms. The van der Waals surface area contributed by atoms with Crippen molar-refractivity contribution in [1.82, 2.24) is 4.90 Å². The second-order valence-corrected chi connectivity index (χ2v) is 12.3. The summed E-state index contributed by atoms with van der Waals surface area (Å²) >= 11 is 0. The molecule has 0 aromatic rings. The van der Waals surface area contributed by atoms with E-state index in [0.29, 0.717) is 5.92 Å². The van der Waals surface area contributed by atoms with Gasteiger partial charge in [0.05, 0.1) is 12.4 Å². The summed E-state index contributed by atoms with van der Waals surface area (Å²) in [6, 6.07) is 0. The largest absolute Gasteiger partial charge is 0.301 e. The zero-order valence-corrected chi connectivity index (χ0v) is 22.0. The number of hydrogen-bond acceptors (Lipinski definition) is 4. The molecule has 3 unspecified atom stereocenters. The Morgan fingerprint density at radius 2 is 0.969 bits per heavy atom. The van der Waals surface area contributed by atoms with Crippen molar-refractivity contribution in [2.45, 2.75) is 141 Å². The van der Waals surface area contributed by atoms with Gasteiger partial charge < -0.3 is 4.90 Å². The quantitative estimate of drug-likeness (QED) is 0.392. The Kier molecular flexibility index (Phi) is 15.2. The molecule has 3 fully saturated rings. The topological polar surface area (TPSA) is 46.6 Å². The van der Waals surface area contributed by atoms with Crippen molar-refractivity contribution in [3.63, 3.8) is 0 Å². The lowest BCUT2D eigenvalue weighted by Crippen LogP contribution is -2.46. The van der Waals surface area contributed by atoms with Gasteiger partial charge in [-0.15, -0.1) is 0 Å². The third-order valence-electron chi connectivity index (χ3n) is 7.63. The van der Waals surface area contributed by atoms with E-state index in [-0.39, 0.29) is 6.10 Å². The molecule has 3 atom stereocenters. The van der Waals surface area contributed by atoms with Gasteiger partial charge in [-0.1, -0.05) is 116 Å². The zero-order chi connectivity index (χ0) is 22.9. The first-order valence-electron chi connectivity index (χ1n) is 14.2. The first-order chi connectivity index (χ1) is 15.5. The Morgan fingerprint density at radius 3 is 1.41 bits per heavy atom. The van der Waals surface area contributed by atoms with Gasteiger partial charge in [-0.05, 0) is 38.3 Å². The minimum Gasteiger partial charge on any atom is -0.301 e. The van der Waals surface area contributed by atoms with Crippen LogP contribution in [0, 0.1) is 5.92 Å². The van der Waals surface area contributed by atoms with Crippen molar-refractivity contribution < 1.29 is 12.6 Å². The number of fused-ring (bicyclic) bond motifs is 22. The molecule has 190 valence electrons. The molecule has 0 amide bonds. The van der Waals surface area contributed by atoms with Crippen LogP contribution < -0.4 is 0 Å². The van der Waals surface area contributed by atoms with Crippen molar-refractivity contribution in [3.8, 4) is 0 Å². The number of nitrogens with zero attached hydrogens (tertiary/aromatic N) is 1. The van der Waals surface area contributed by atoms with Gasteiger partial charge in [0, 0.05) is 6.54 Å². The lowest BCUT2D eigenvalue weighted by atomic mass is 9.88. The molecule has 3 rings (SSSR count). The molecule has 3 heterocycles. The van der Waals surface area contributed by atoms with Crippen LogP contribution >= 0.6 is 0 Å². The molecule has 0 N–H and O–H groups in total. The Morgan fingerprint density at radius 1 is 0.562 bits per heavy atom. The summed E-state index contributed by atoms with van der Waals surface area (Å²) in [7, 11) is -3.39. The average molecular weight is 472 g/mol. The summed E-state index contributed by atoms with van der Waals surface area (Å²) in [6.45, 7) is 2.99. The summed E-state index contributed by atoms with van der Waals surface area (Å²) in [6.07, 6.45) is 29.4. The first kappa shape index (κ1) is 28.1. The highest BCUT2D eigenvalue weighted by molar-refractivity contribution is 7.86. The molecular formula is C27H53NO3S. The van der Waals surface area contributed by atoms with Crippen LogP contribution in [0.2, 0.25) is 0 Å². The van der Waals surface area contributed by atoms with E-state index in [0.717, 1.165) is 32.5 Å².